The molecule has 3 fully saturated rings. The highest BCUT2D eigenvalue weighted by atomic mass is 16.3. The maximum Gasteiger partial charge on any atom is 0.115 e. The molecule has 1 saturated heterocycles. The Morgan fingerprint density at radius 3 is 2.83 bits per heavy atom. The molecule has 3 heteroatoms. The summed E-state index contributed by atoms with van der Waals surface area (Å²) in [6, 6.07) is 6.08. The molecule has 6 atom stereocenters. The summed E-state index contributed by atoms with van der Waals surface area (Å²) in [5.41, 5.74) is 2.99. The lowest BCUT2D eigenvalue weighted by atomic mass is 9.52. The predicted molar refractivity (Wildman–Crippen MR) is 94.0 cm³/mol. The Balaban J connectivity index is 1.57. The molecule has 1 unspecified atom stereocenters. The molecular weight excluding hydrogens is 298 g/mol. The largest absolute Gasteiger partial charge is 0.508 e. The maximum atomic E-state index is 10.7. The van der Waals surface area contributed by atoms with Crippen molar-refractivity contribution in [3.05, 3.63) is 29.3 Å². The second-order valence-corrected chi connectivity index (χ2v) is 9.08. The van der Waals surface area contributed by atoms with Crippen molar-refractivity contribution in [3.63, 3.8) is 0 Å². The van der Waals surface area contributed by atoms with E-state index in [0.717, 1.165) is 19.3 Å². The van der Waals surface area contributed by atoms with E-state index in [0.29, 0.717) is 29.4 Å². The number of aliphatic hydroxyl groups is 1. The average Bonchev–Trinajstić information content (AvgIpc) is 3.32. The van der Waals surface area contributed by atoms with E-state index in [1.807, 2.05) is 12.1 Å². The minimum Gasteiger partial charge on any atom is -0.508 e. The van der Waals surface area contributed by atoms with Gasteiger partial charge in [0.25, 0.3) is 0 Å². The number of fused-ring (bicyclic) bond motifs is 5. The zero-order valence-corrected chi connectivity index (χ0v) is 14.6. The molecule has 0 bridgehead atoms. The van der Waals surface area contributed by atoms with Gasteiger partial charge in [0.05, 0.1) is 6.10 Å². The van der Waals surface area contributed by atoms with Crippen molar-refractivity contribution in [2.24, 2.45) is 23.2 Å². The van der Waals surface area contributed by atoms with Crippen LogP contribution in [0, 0.1) is 23.2 Å². The van der Waals surface area contributed by atoms with Crippen molar-refractivity contribution in [1.82, 2.24) is 4.90 Å². The highest BCUT2D eigenvalue weighted by molar-refractivity contribution is 5.40. The number of aliphatic hydroxyl groups excluding tert-OH is 1. The fraction of sp³-hybridized carbons (Fsp3) is 0.714. The van der Waals surface area contributed by atoms with E-state index < -0.39 is 0 Å². The van der Waals surface area contributed by atoms with E-state index in [2.05, 4.69) is 17.9 Å². The number of rotatable bonds is 2. The van der Waals surface area contributed by atoms with Gasteiger partial charge in [0.15, 0.2) is 0 Å². The summed E-state index contributed by atoms with van der Waals surface area (Å²) in [6.07, 6.45) is 5.55. The molecule has 1 aliphatic heterocycles. The Morgan fingerprint density at radius 1 is 1.21 bits per heavy atom. The molecule has 1 aromatic carbocycles. The maximum absolute atomic E-state index is 10.7. The van der Waals surface area contributed by atoms with Crippen LogP contribution in [0.1, 0.15) is 49.7 Å². The summed E-state index contributed by atoms with van der Waals surface area (Å²) in [7, 11) is 0. The fourth-order valence-electron chi connectivity index (χ4n) is 6.61. The summed E-state index contributed by atoms with van der Waals surface area (Å²) in [4.78, 5) is 2.56. The zero-order chi connectivity index (χ0) is 16.5. The summed E-state index contributed by atoms with van der Waals surface area (Å²) < 4.78 is 0. The highest BCUT2D eigenvalue weighted by Gasteiger charge is 2.57. The number of hydrogen-bond donors (Lipinski definition) is 2. The number of phenolic OH excluding ortho intramolecular Hbond substituents is 1. The number of benzene rings is 1. The number of aryl methyl sites for hydroxylation is 1. The van der Waals surface area contributed by atoms with Gasteiger partial charge in [0.1, 0.15) is 5.75 Å². The van der Waals surface area contributed by atoms with Crippen LogP contribution in [0.5, 0.6) is 5.75 Å². The predicted octanol–water partition coefficient (Wildman–Crippen LogP) is 3.15. The van der Waals surface area contributed by atoms with E-state index in [9.17, 15) is 10.2 Å². The topological polar surface area (TPSA) is 43.5 Å². The molecule has 5 rings (SSSR count). The van der Waals surface area contributed by atoms with Gasteiger partial charge in [0, 0.05) is 19.6 Å². The molecule has 2 N–H and O–H groups in total. The van der Waals surface area contributed by atoms with E-state index in [1.54, 1.807) is 0 Å². The van der Waals surface area contributed by atoms with Gasteiger partial charge in [-0.05, 0) is 84.5 Å². The third-order valence-electron chi connectivity index (χ3n) is 7.81. The lowest BCUT2D eigenvalue weighted by molar-refractivity contribution is -0.0501. The Labute approximate surface area is 144 Å². The van der Waals surface area contributed by atoms with Crippen LogP contribution in [-0.4, -0.2) is 40.9 Å². The van der Waals surface area contributed by atoms with Crippen LogP contribution in [0.15, 0.2) is 18.2 Å². The SMILES string of the molecule is C[C@]12CC(CN3CC3)[C@@H]3c4ccc(O)cc4CC[C@H]3[C@@H]1CC[C@@H]2O. The van der Waals surface area contributed by atoms with Gasteiger partial charge in [-0.1, -0.05) is 13.0 Å². The van der Waals surface area contributed by atoms with Crippen LogP contribution in [0.2, 0.25) is 0 Å². The molecule has 0 aromatic heterocycles. The third kappa shape index (κ3) is 2.17. The van der Waals surface area contributed by atoms with Crippen LogP contribution in [-0.2, 0) is 6.42 Å². The molecule has 2 saturated carbocycles. The molecule has 3 aliphatic carbocycles. The van der Waals surface area contributed by atoms with Gasteiger partial charge >= 0.3 is 0 Å². The Hall–Kier alpha value is -1.06. The second kappa shape index (κ2) is 5.22. The number of aromatic hydroxyl groups is 1. The zero-order valence-electron chi connectivity index (χ0n) is 14.6. The molecule has 1 aromatic rings. The molecular formula is C21H29NO2. The van der Waals surface area contributed by atoms with Crippen molar-refractivity contribution in [2.45, 2.75) is 51.0 Å². The Kier molecular flexibility index (Phi) is 3.31. The summed E-state index contributed by atoms with van der Waals surface area (Å²) in [5, 5.41) is 20.6. The van der Waals surface area contributed by atoms with Gasteiger partial charge in [-0.15, -0.1) is 0 Å². The van der Waals surface area contributed by atoms with E-state index in [1.165, 1.54) is 43.6 Å². The number of nitrogens with zero attached hydrogens (tertiary/aromatic N) is 1. The number of hydrogen-bond acceptors (Lipinski definition) is 3. The summed E-state index contributed by atoms with van der Waals surface area (Å²) in [6.45, 7) is 6.06. The standard InChI is InChI=1S/C21H29NO2/c1-21-11-14(12-22-8-9-22)20-16-5-3-15(23)10-13(16)2-4-17(20)18(21)6-7-19(21)24/h3,5,10,14,17-20,23-24H,2,4,6-9,11-12H2,1H3/t14?,17-,18-,19-,20+,21-/m0/s1. The third-order valence-corrected chi connectivity index (χ3v) is 7.81. The molecule has 0 radical (unpaired) electrons. The Bertz CT molecular complexity index is 655. The van der Waals surface area contributed by atoms with E-state index in [4.69, 9.17) is 0 Å². The second-order valence-electron chi connectivity index (χ2n) is 9.08. The summed E-state index contributed by atoms with van der Waals surface area (Å²) in [5.74, 6) is 3.06. The monoisotopic (exact) mass is 327 g/mol. The smallest absolute Gasteiger partial charge is 0.115 e. The first-order valence-corrected chi connectivity index (χ1v) is 9.78. The fourth-order valence-corrected chi connectivity index (χ4v) is 6.61. The quantitative estimate of drug-likeness (QED) is 0.820. The molecule has 0 spiro atoms. The van der Waals surface area contributed by atoms with Crippen molar-refractivity contribution in [3.8, 4) is 5.75 Å². The van der Waals surface area contributed by atoms with Crippen LogP contribution < -0.4 is 0 Å². The van der Waals surface area contributed by atoms with E-state index in [-0.39, 0.29) is 11.5 Å². The average molecular weight is 327 g/mol. The van der Waals surface area contributed by atoms with Crippen LogP contribution in [0.4, 0.5) is 0 Å². The minimum absolute atomic E-state index is 0.110. The lowest BCUT2D eigenvalue weighted by Gasteiger charge is -2.54. The Morgan fingerprint density at radius 2 is 2.04 bits per heavy atom. The van der Waals surface area contributed by atoms with Crippen molar-refractivity contribution in [2.75, 3.05) is 19.6 Å². The molecule has 3 nitrogen and oxygen atoms in total. The molecule has 1 heterocycles. The number of phenols is 1. The van der Waals surface area contributed by atoms with Crippen molar-refractivity contribution in [1.29, 1.82) is 0 Å². The van der Waals surface area contributed by atoms with Crippen LogP contribution in [0.3, 0.4) is 0 Å². The molecule has 4 aliphatic rings. The molecule has 24 heavy (non-hydrogen) atoms. The molecule has 130 valence electrons. The summed E-state index contributed by atoms with van der Waals surface area (Å²) >= 11 is 0. The normalized spacial score (nSPS) is 43.8. The van der Waals surface area contributed by atoms with Crippen LogP contribution >= 0.6 is 0 Å². The van der Waals surface area contributed by atoms with Gasteiger partial charge < -0.3 is 15.1 Å². The van der Waals surface area contributed by atoms with Gasteiger partial charge in [-0.25, -0.2) is 0 Å². The van der Waals surface area contributed by atoms with Gasteiger partial charge in [-0.2, -0.15) is 0 Å². The highest BCUT2D eigenvalue weighted by Crippen LogP contribution is 2.63. The van der Waals surface area contributed by atoms with Gasteiger partial charge in [0.2, 0.25) is 0 Å². The first kappa shape index (κ1) is 15.2. The minimum atomic E-state index is -0.110. The lowest BCUT2D eigenvalue weighted by Crippen LogP contribution is -2.49. The first-order chi connectivity index (χ1) is 11.6. The molecule has 0 amide bonds. The van der Waals surface area contributed by atoms with Crippen LogP contribution in [0.25, 0.3) is 0 Å². The van der Waals surface area contributed by atoms with Crippen molar-refractivity contribution >= 4 is 0 Å². The first-order valence-electron chi connectivity index (χ1n) is 9.78. The van der Waals surface area contributed by atoms with E-state index >= 15 is 0 Å². The van der Waals surface area contributed by atoms with Crippen molar-refractivity contribution < 1.29 is 10.2 Å². The van der Waals surface area contributed by atoms with Gasteiger partial charge in [-0.3, -0.25) is 0 Å².